The molecule has 0 fully saturated rings. The summed E-state index contributed by atoms with van der Waals surface area (Å²) in [5.41, 5.74) is 5.73. The van der Waals surface area contributed by atoms with Crippen molar-refractivity contribution in [3.05, 3.63) is 10.9 Å². The average molecular weight is 236 g/mol. The van der Waals surface area contributed by atoms with Gasteiger partial charge in [0, 0.05) is 18.0 Å². The largest absolute Gasteiger partial charge is 0.368 e. The van der Waals surface area contributed by atoms with Crippen molar-refractivity contribution in [3.8, 4) is 0 Å². The lowest BCUT2D eigenvalue weighted by Crippen LogP contribution is -2.27. The standard InChI is InChI=1S/C11H16N4S/c1-6(2)15(4)9-8-5-7(3)16-10(8)14-11(12)13-9/h5-6H,1-4H3,(H2,12,13,14). The summed E-state index contributed by atoms with van der Waals surface area (Å²) in [6.45, 7) is 6.33. The molecule has 2 aromatic heterocycles. The van der Waals surface area contributed by atoms with E-state index in [0.29, 0.717) is 12.0 Å². The molecule has 5 heteroatoms. The van der Waals surface area contributed by atoms with Gasteiger partial charge in [-0.3, -0.25) is 0 Å². The third kappa shape index (κ3) is 1.82. The first kappa shape index (κ1) is 11.1. The van der Waals surface area contributed by atoms with Crippen LogP contribution >= 0.6 is 11.3 Å². The number of nitrogen functional groups attached to an aromatic ring is 1. The third-order valence-electron chi connectivity index (χ3n) is 2.62. The molecule has 0 spiro atoms. The molecule has 2 rings (SSSR count). The predicted octanol–water partition coefficient (Wildman–Crippen LogP) is 2.43. The van der Waals surface area contributed by atoms with Crippen molar-refractivity contribution in [1.82, 2.24) is 9.97 Å². The molecule has 0 amide bonds. The van der Waals surface area contributed by atoms with Crippen molar-refractivity contribution in [1.29, 1.82) is 0 Å². The lowest BCUT2D eigenvalue weighted by Gasteiger charge is -2.23. The van der Waals surface area contributed by atoms with Gasteiger partial charge in [-0.1, -0.05) is 0 Å². The van der Waals surface area contributed by atoms with Crippen LogP contribution in [0.2, 0.25) is 0 Å². The van der Waals surface area contributed by atoms with Crippen LogP contribution in [0.1, 0.15) is 18.7 Å². The summed E-state index contributed by atoms with van der Waals surface area (Å²) in [4.78, 5) is 12.9. The van der Waals surface area contributed by atoms with E-state index in [2.05, 4.69) is 41.7 Å². The molecule has 0 bridgehead atoms. The SMILES string of the molecule is Cc1cc2c(N(C)C(C)C)nc(N)nc2s1. The van der Waals surface area contributed by atoms with Gasteiger partial charge in [0.1, 0.15) is 10.6 Å². The molecule has 0 radical (unpaired) electrons. The smallest absolute Gasteiger partial charge is 0.223 e. The van der Waals surface area contributed by atoms with E-state index in [0.717, 1.165) is 16.0 Å². The van der Waals surface area contributed by atoms with Crippen molar-refractivity contribution in [2.24, 2.45) is 0 Å². The second kappa shape index (κ2) is 3.90. The molecule has 0 atom stereocenters. The molecule has 0 aliphatic carbocycles. The number of fused-ring (bicyclic) bond motifs is 1. The van der Waals surface area contributed by atoms with E-state index < -0.39 is 0 Å². The Morgan fingerprint density at radius 1 is 1.38 bits per heavy atom. The maximum Gasteiger partial charge on any atom is 0.223 e. The van der Waals surface area contributed by atoms with Crippen LogP contribution in [-0.4, -0.2) is 23.1 Å². The van der Waals surface area contributed by atoms with Crippen LogP contribution in [0.4, 0.5) is 11.8 Å². The zero-order valence-corrected chi connectivity index (χ0v) is 10.8. The fourth-order valence-corrected chi connectivity index (χ4v) is 2.44. The van der Waals surface area contributed by atoms with Crippen molar-refractivity contribution in [2.45, 2.75) is 26.8 Å². The van der Waals surface area contributed by atoms with Gasteiger partial charge in [-0.15, -0.1) is 11.3 Å². The number of hydrogen-bond donors (Lipinski definition) is 1. The van der Waals surface area contributed by atoms with E-state index >= 15 is 0 Å². The Balaban J connectivity index is 2.66. The summed E-state index contributed by atoms with van der Waals surface area (Å²) in [6, 6.07) is 2.51. The van der Waals surface area contributed by atoms with Crippen molar-refractivity contribution < 1.29 is 0 Å². The number of nitrogens with zero attached hydrogens (tertiary/aromatic N) is 3. The van der Waals surface area contributed by atoms with Crippen LogP contribution < -0.4 is 10.6 Å². The fourth-order valence-electron chi connectivity index (χ4n) is 1.56. The lowest BCUT2D eigenvalue weighted by molar-refractivity contribution is 0.746. The first-order valence-electron chi connectivity index (χ1n) is 5.25. The first-order valence-corrected chi connectivity index (χ1v) is 6.07. The van der Waals surface area contributed by atoms with E-state index in [1.807, 2.05) is 7.05 Å². The number of thiophene rings is 1. The van der Waals surface area contributed by atoms with Gasteiger partial charge < -0.3 is 10.6 Å². The predicted molar refractivity (Wildman–Crippen MR) is 70.1 cm³/mol. The van der Waals surface area contributed by atoms with Gasteiger partial charge in [0.2, 0.25) is 5.95 Å². The molecule has 0 saturated heterocycles. The fraction of sp³-hybridized carbons (Fsp3) is 0.455. The minimum Gasteiger partial charge on any atom is -0.368 e. The molecule has 0 unspecified atom stereocenters. The van der Waals surface area contributed by atoms with Gasteiger partial charge in [-0.2, -0.15) is 4.98 Å². The Morgan fingerprint density at radius 2 is 2.06 bits per heavy atom. The van der Waals surface area contributed by atoms with E-state index in [-0.39, 0.29) is 0 Å². The summed E-state index contributed by atoms with van der Waals surface area (Å²) < 4.78 is 0. The molecule has 0 saturated carbocycles. The number of rotatable bonds is 2. The summed E-state index contributed by atoms with van der Waals surface area (Å²) in [5.74, 6) is 1.26. The zero-order valence-electron chi connectivity index (χ0n) is 9.98. The van der Waals surface area contributed by atoms with Gasteiger partial charge in [-0.05, 0) is 26.8 Å². The number of nitrogens with two attached hydrogens (primary N) is 1. The maximum absolute atomic E-state index is 5.73. The number of anilines is 2. The molecule has 86 valence electrons. The molecule has 16 heavy (non-hydrogen) atoms. The van der Waals surface area contributed by atoms with Crippen LogP contribution in [0, 0.1) is 6.92 Å². The average Bonchev–Trinajstić information content (AvgIpc) is 2.55. The van der Waals surface area contributed by atoms with Crippen LogP contribution in [-0.2, 0) is 0 Å². The third-order valence-corrected chi connectivity index (χ3v) is 3.57. The zero-order chi connectivity index (χ0) is 11.9. The molecule has 4 nitrogen and oxygen atoms in total. The highest BCUT2D eigenvalue weighted by molar-refractivity contribution is 7.18. The highest BCUT2D eigenvalue weighted by atomic mass is 32.1. The minimum absolute atomic E-state index is 0.344. The Kier molecular flexibility index (Phi) is 2.71. The highest BCUT2D eigenvalue weighted by Gasteiger charge is 2.14. The minimum atomic E-state index is 0.344. The van der Waals surface area contributed by atoms with Crippen molar-refractivity contribution in [2.75, 3.05) is 17.7 Å². The summed E-state index contributed by atoms with van der Waals surface area (Å²) in [5, 5.41) is 1.09. The van der Waals surface area contributed by atoms with E-state index in [9.17, 15) is 0 Å². The van der Waals surface area contributed by atoms with Gasteiger partial charge in [0.15, 0.2) is 0 Å². The quantitative estimate of drug-likeness (QED) is 0.870. The summed E-state index contributed by atoms with van der Waals surface area (Å²) >= 11 is 1.65. The second-order valence-corrected chi connectivity index (χ2v) is 5.42. The van der Waals surface area contributed by atoms with Crippen LogP contribution in [0.3, 0.4) is 0 Å². The summed E-state index contributed by atoms with van der Waals surface area (Å²) in [6.07, 6.45) is 0. The van der Waals surface area contributed by atoms with Gasteiger partial charge in [-0.25, -0.2) is 4.98 Å². The van der Waals surface area contributed by atoms with E-state index in [4.69, 9.17) is 5.73 Å². The Bertz CT molecular complexity index is 518. The molecule has 2 heterocycles. The number of aryl methyl sites for hydroxylation is 1. The van der Waals surface area contributed by atoms with Gasteiger partial charge >= 0.3 is 0 Å². The Labute approximate surface area is 99.1 Å². The van der Waals surface area contributed by atoms with Gasteiger partial charge in [0.05, 0.1) is 5.39 Å². The lowest BCUT2D eigenvalue weighted by atomic mass is 10.3. The first-order chi connectivity index (χ1) is 7.49. The molecular weight excluding hydrogens is 220 g/mol. The van der Waals surface area contributed by atoms with E-state index in [1.165, 1.54) is 4.88 Å². The Hall–Kier alpha value is -1.36. The molecule has 2 aromatic rings. The van der Waals surface area contributed by atoms with Crippen LogP contribution in [0.15, 0.2) is 6.07 Å². The maximum atomic E-state index is 5.73. The second-order valence-electron chi connectivity index (χ2n) is 4.19. The van der Waals surface area contributed by atoms with Crippen LogP contribution in [0.5, 0.6) is 0 Å². The topological polar surface area (TPSA) is 55.0 Å². The molecule has 0 aliphatic rings. The molecular formula is C11H16N4S. The molecule has 0 aromatic carbocycles. The van der Waals surface area contributed by atoms with Crippen molar-refractivity contribution in [3.63, 3.8) is 0 Å². The van der Waals surface area contributed by atoms with Crippen LogP contribution in [0.25, 0.3) is 10.2 Å². The monoisotopic (exact) mass is 236 g/mol. The van der Waals surface area contributed by atoms with Gasteiger partial charge in [0.25, 0.3) is 0 Å². The normalized spacial score (nSPS) is 11.3. The molecule has 0 aliphatic heterocycles. The number of aromatic nitrogens is 2. The van der Waals surface area contributed by atoms with Crippen molar-refractivity contribution >= 4 is 33.3 Å². The van der Waals surface area contributed by atoms with E-state index in [1.54, 1.807) is 11.3 Å². The summed E-state index contributed by atoms with van der Waals surface area (Å²) in [7, 11) is 2.03. The molecule has 2 N–H and O–H groups in total. The number of hydrogen-bond acceptors (Lipinski definition) is 5. The Morgan fingerprint density at radius 3 is 2.69 bits per heavy atom. The highest BCUT2D eigenvalue weighted by Crippen LogP contribution is 2.31.